The van der Waals surface area contributed by atoms with Crippen molar-refractivity contribution in [2.24, 2.45) is 10.8 Å². The molecular weight excluding hydrogens is 180 g/mol. The number of hydrogen-bond donors (Lipinski definition) is 0. The summed E-state index contributed by atoms with van der Waals surface area (Å²) in [4.78, 5) is 11.2. The zero-order valence-electron chi connectivity index (χ0n) is 8.93. The van der Waals surface area contributed by atoms with Gasteiger partial charge in [0.15, 0.2) is 0 Å². The lowest BCUT2D eigenvalue weighted by Gasteiger charge is -2.37. The van der Waals surface area contributed by atoms with E-state index in [0.29, 0.717) is 0 Å². The van der Waals surface area contributed by atoms with Crippen LogP contribution in [0, 0.1) is 10.8 Å². The molecule has 1 aliphatic rings. The van der Waals surface area contributed by atoms with Crippen molar-refractivity contribution in [1.29, 1.82) is 0 Å². The van der Waals surface area contributed by atoms with Gasteiger partial charge in [-0.25, -0.2) is 0 Å². The van der Waals surface area contributed by atoms with Gasteiger partial charge in [0.2, 0.25) is 0 Å². The molecule has 1 heterocycles. The molecule has 1 saturated heterocycles. The molecule has 0 amide bonds. The maximum absolute atomic E-state index is 11.2. The molecular formula is C11H20OS. The molecule has 0 spiro atoms. The van der Waals surface area contributed by atoms with Crippen molar-refractivity contribution in [2.75, 3.05) is 11.5 Å². The first-order valence-corrected chi connectivity index (χ1v) is 6.17. The first-order chi connectivity index (χ1) is 5.97. The van der Waals surface area contributed by atoms with Gasteiger partial charge in [0.1, 0.15) is 6.29 Å². The Hall–Kier alpha value is 0.0200. The Bertz CT molecular complexity index is 175. The fourth-order valence-corrected chi connectivity index (χ4v) is 3.48. The molecule has 0 N–H and O–H groups in total. The minimum atomic E-state index is 0.00347. The van der Waals surface area contributed by atoms with Gasteiger partial charge in [-0.2, -0.15) is 11.8 Å². The summed E-state index contributed by atoms with van der Waals surface area (Å²) in [7, 11) is 0. The predicted octanol–water partition coefficient (Wildman–Crippen LogP) is 3.13. The van der Waals surface area contributed by atoms with Gasteiger partial charge in [-0.05, 0) is 36.2 Å². The topological polar surface area (TPSA) is 17.1 Å². The van der Waals surface area contributed by atoms with E-state index in [1.807, 2.05) is 11.8 Å². The Kier molecular flexibility index (Phi) is 3.44. The van der Waals surface area contributed by atoms with Crippen molar-refractivity contribution in [1.82, 2.24) is 0 Å². The Morgan fingerprint density at radius 2 is 1.85 bits per heavy atom. The molecule has 2 heteroatoms. The van der Waals surface area contributed by atoms with E-state index in [4.69, 9.17) is 0 Å². The molecule has 0 aromatic rings. The zero-order valence-corrected chi connectivity index (χ0v) is 9.75. The average Bonchev–Trinajstić information content (AvgIpc) is 2.03. The summed E-state index contributed by atoms with van der Waals surface area (Å²) in [6.45, 7) is 6.67. The maximum atomic E-state index is 11.2. The van der Waals surface area contributed by atoms with Crippen LogP contribution in [-0.4, -0.2) is 17.8 Å². The smallest absolute Gasteiger partial charge is 0.126 e. The molecule has 0 unspecified atom stereocenters. The fourth-order valence-electron chi connectivity index (χ4n) is 2.17. The zero-order chi connectivity index (χ0) is 9.95. The largest absolute Gasteiger partial charge is 0.303 e. The molecule has 1 aliphatic heterocycles. The van der Waals surface area contributed by atoms with E-state index in [1.54, 1.807) is 0 Å². The van der Waals surface area contributed by atoms with Gasteiger partial charge < -0.3 is 4.79 Å². The first-order valence-electron chi connectivity index (χ1n) is 5.02. The van der Waals surface area contributed by atoms with Crippen molar-refractivity contribution >= 4 is 18.0 Å². The van der Waals surface area contributed by atoms with Crippen LogP contribution >= 0.6 is 11.8 Å². The Morgan fingerprint density at radius 1 is 1.31 bits per heavy atom. The molecule has 1 fully saturated rings. The first kappa shape index (κ1) is 11.1. The van der Waals surface area contributed by atoms with Gasteiger partial charge in [0, 0.05) is 5.41 Å². The summed E-state index contributed by atoms with van der Waals surface area (Å²) in [6, 6.07) is 0. The van der Waals surface area contributed by atoms with Crippen LogP contribution in [0.4, 0.5) is 0 Å². The lowest BCUT2D eigenvalue weighted by molar-refractivity contribution is -0.118. The quantitative estimate of drug-likeness (QED) is 0.637. The van der Waals surface area contributed by atoms with Gasteiger partial charge in [-0.1, -0.05) is 20.8 Å². The molecule has 13 heavy (non-hydrogen) atoms. The summed E-state index contributed by atoms with van der Waals surface area (Å²) in [6.07, 6.45) is 4.43. The van der Waals surface area contributed by atoms with Gasteiger partial charge in [0.05, 0.1) is 0 Å². The highest BCUT2D eigenvalue weighted by Crippen LogP contribution is 2.42. The molecule has 0 aromatic heterocycles. The Labute approximate surface area is 85.7 Å². The number of carbonyl (C=O) groups is 1. The Balaban J connectivity index is 2.63. The SMILES string of the molecule is CC(C)(C)CC1(C=O)CCSCC1. The van der Waals surface area contributed by atoms with Crippen LogP contribution in [0.1, 0.15) is 40.0 Å². The second-order valence-corrected chi connectivity index (χ2v) is 6.55. The minimum Gasteiger partial charge on any atom is -0.303 e. The highest BCUT2D eigenvalue weighted by molar-refractivity contribution is 7.99. The second-order valence-electron chi connectivity index (χ2n) is 5.33. The lowest BCUT2D eigenvalue weighted by Crippen LogP contribution is -2.32. The molecule has 76 valence electrons. The van der Waals surface area contributed by atoms with Crippen LogP contribution in [0.3, 0.4) is 0 Å². The lowest BCUT2D eigenvalue weighted by atomic mass is 9.71. The number of carbonyl (C=O) groups excluding carboxylic acids is 1. The monoisotopic (exact) mass is 200 g/mol. The number of thioether (sulfide) groups is 1. The number of aldehydes is 1. The Morgan fingerprint density at radius 3 is 2.23 bits per heavy atom. The van der Waals surface area contributed by atoms with Gasteiger partial charge in [-0.3, -0.25) is 0 Å². The molecule has 0 aliphatic carbocycles. The normalized spacial score (nSPS) is 22.7. The van der Waals surface area contributed by atoms with Gasteiger partial charge in [-0.15, -0.1) is 0 Å². The van der Waals surface area contributed by atoms with Crippen LogP contribution in [0.15, 0.2) is 0 Å². The predicted molar refractivity (Wildman–Crippen MR) is 59.1 cm³/mol. The van der Waals surface area contributed by atoms with E-state index >= 15 is 0 Å². The molecule has 0 saturated carbocycles. The maximum Gasteiger partial charge on any atom is 0.126 e. The van der Waals surface area contributed by atoms with E-state index in [2.05, 4.69) is 20.8 Å². The minimum absolute atomic E-state index is 0.00347. The van der Waals surface area contributed by atoms with Crippen LogP contribution < -0.4 is 0 Å². The van der Waals surface area contributed by atoms with E-state index in [0.717, 1.165) is 30.8 Å². The molecule has 0 atom stereocenters. The molecule has 1 nitrogen and oxygen atoms in total. The summed E-state index contributed by atoms with van der Waals surface area (Å²) in [5, 5.41) is 0. The van der Waals surface area contributed by atoms with Gasteiger partial charge in [0.25, 0.3) is 0 Å². The second kappa shape index (κ2) is 4.04. The molecule has 0 radical (unpaired) electrons. The van der Waals surface area contributed by atoms with Crippen LogP contribution in [0.25, 0.3) is 0 Å². The van der Waals surface area contributed by atoms with Crippen molar-refractivity contribution in [2.45, 2.75) is 40.0 Å². The van der Waals surface area contributed by atoms with E-state index in [1.165, 1.54) is 6.29 Å². The number of hydrogen-bond acceptors (Lipinski definition) is 2. The third-order valence-corrected chi connectivity index (χ3v) is 3.61. The van der Waals surface area contributed by atoms with Crippen molar-refractivity contribution in [3.63, 3.8) is 0 Å². The highest BCUT2D eigenvalue weighted by atomic mass is 32.2. The fraction of sp³-hybridized carbons (Fsp3) is 0.909. The average molecular weight is 200 g/mol. The number of rotatable bonds is 2. The van der Waals surface area contributed by atoms with Crippen LogP contribution in [0.2, 0.25) is 0 Å². The van der Waals surface area contributed by atoms with Crippen LogP contribution in [-0.2, 0) is 4.79 Å². The van der Waals surface area contributed by atoms with E-state index in [-0.39, 0.29) is 10.8 Å². The van der Waals surface area contributed by atoms with E-state index in [9.17, 15) is 4.79 Å². The molecule has 0 bridgehead atoms. The van der Waals surface area contributed by atoms with Crippen LogP contribution in [0.5, 0.6) is 0 Å². The third-order valence-electron chi connectivity index (χ3n) is 2.62. The van der Waals surface area contributed by atoms with Gasteiger partial charge >= 0.3 is 0 Å². The summed E-state index contributed by atoms with van der Waals surface area (Å²) >= 11 is 1.98. The van der Waals surface area contributed by atoms with Crippen molar-refractivity contribution in [3.05, 3.63) is 0 Å². The van der Waals surface area contributed by atoms with Crippen molar-refractivity contribution < 1.29 is 4.79 Å². The highest BCUT2D eigenvalue weighted by Gasteiger charge is 2.35. The summed E-state index contributed by atoms with van der Waals surface area (Å²) in [5.41, 5.74) is 0.284. The van der Waals surface area contributed by atoms with E-state index < -0.39 is 0 Å². The summed E-state index contributed by atoms with van der Waals surface area (Å²) in [5.74, 6) is 2.32. The molecule has 1 rings (SSSR count). The summed E-state index contributed by atoms with van der Waals surface area (Å²) < 4.78 is 0. The van der Waals surface area contributed by atoms with Crippen molar-refractivity contribution in [3.8, 4) is 0 Å². The standard InChI is InChI=1S/C11H20OS/c1-10(2,3)8-11(9-12)4-6-13-7-5-11/h9H,4-8H2,1-3H3. The molecule has 0 aromatic carbocycles. The third kappa shape index (κ3) is 3.34.